The third-order valence-electron chi connectivity index (χ3n) is 5.05. The molecule has 1 spiro atoms. The van der Waals surface area contributed by atoms with Crippen molar-refractivity contribution in [1.82, 2.24) is 10.2 Å². The van der Waals surface area contributed by atoms with Crippen molar-refractivity contribution in [3.05, 3.63) is 30.3 Å². The van der Waals surface area contributed by atoms with Gasteiger partial charge < -0.3 is 29.1 Å². The summed E-state index contributed by atoms with van der Waals surface area (Å²) in [4.78, 5) is 34.6. The van der Waals surface area contributed by atoms with Crippen molar-refractivity contribution in [2.75, 3.05) is 40.5 Å². The predicted octanol–water partition coefficient (Wildman–Crippen LogP) is 2.18. The lowest BCUT2D eigenvalue weighted by molar-refractivity contribution is -0.152. The zero-order chi connectivity index (χ0) is 24.7. The number of para-hydroxylation sites is 1. The molecule has 1 aromatic carbocycles. The molecule has 186 valence electrons. The van der Waals surface area contributed by atoms with Gasteiger partial charge in [-0.15, -0.1) is 0 Å². The minimum Gasteiger partial charge on any atom is -0.491 e. The lowest BCUT2D eigenvalue weighted by Crippen LogP contribution is -2.34. The molecule has 33 heavy (non-hydrogen) atoms. The van der Waals surface area contributed by atoms with Crippen LogP contribution in [-0.2, 0) is 28.6 Å². The van der Waals surface area contributed by atoms with Gasteiger partial charge in [0.1, 0.15) is 18.1 Å². The van der Waals surface area contributed by atoms with Gasteiger partial charge in [-0.3, -0.25) is 14.5 Å². The average molecular weight is 467 g/mol. The van der Waals surface area contributed by atoms with E-state index in [1.54, 1.807) is 0 Å². The summed E-state index contributed by atoms with van der Waals surface area (Å²) in [6, 6.07) is 9.24. The van der Waals surface area contributed by atoms with Gasteiger partial charge in [0.25, 0.3) is 0 Å². The van der Waals surface area contributed by atoms with E-state index in [0.717, 1.165) is 5.75 Å². The van der Waals surface area contributed by atoms with Gasteiger partial charge in [-0.1, -0.05) is 32.0 Å². The third kappa shape index (κ3) is 9.89. The van der Waals surface area contributed by atoms with Crippen molar-refractivity contribution in [2.24, 2.45) is 0 Å². The number of hydrogen-bond acceptors (Lipinski definition) is 8. The molecule has 2 saturated heterocycles. The van der Waals surface area contributed by atoms with Crippen LogP contribution in [0.15, 0.2) is 30.3 Å². The molecule has 0 radical (unpaired) electrons. The number of rotatable bonds is 8. The van der Waals surface area contributed by atoms with Crippen LogP contribution in [0.3, 0.4) is 0 Å². The number of nitrogens with zero attached hydrogens (tertiary/aromatic N) is 1. The molecule has 2 atom stereocenters. The normalized spacial score (nSPS) is 19.4. The van der Waals surface area contributed by atoms with Crippen LogP contribution in [0.25, 0.3) is 0 Å². The van der Waals surface area contributed by atoms with Gasteiger partial charge in [0.15, 0.2) is 5.79 Å². The zero-order valence-corrected chi connectivity index (χ0v) is 20.4. The second kappa shape index (κ2) is 15.4. The topological polar surface area (TPSA) is 103 Å². The molecule has 9 heteroatoms. The van der Waals surface area contributed by atoms with Crippen molar-refractivity contribution < 1.29 is 33.3 Å². The molecule has 2 unspecified atom stereocenters. The molecule has 3 rings (SSSR count). The second-order valence-electron chi connectivity index (χ2n) is 7.52. The van der Waals surface area contributed by atoms with Crippen LogP contribution in [0.5, 0.6) is 5.75 Å². The largest absolute Gasteiger partial charge is 0.491 e. The smallest absolute Gasteiger partial charge is 0.323 e. The number of likely N-dealkylation sites (tertiary alicyclic amines) is 1. The van der Waals surface area contributed by atoms with E-state index < -0.39 is 5.79 Å². The van der Waals surface area contributed by atoms with E-state index in [9.17, 15) is 14.4 Å². The van der Waals surface area contributed by atoms with Crippen molar-refractivity contribution in [3.63, 3.8) is 0 Å². The summed E-state index contributed by atoms with van der Waals surface area (Å²) in [5, 5.41) is 2.49. The van der Waals surface area contributed by atoms with E-state index in [1.165, 1.54) is 7.11 Å². The van der Waals surface area contributed by atoms with E-state index in [4.69, 9.17) is 18.9 Å². The van der Waals surface area contributed by atoms with E-state index in [0.29, 0.717) is 45.3 Å². The maximum Gasteiger partial charge on any atom is 0.323 e. The first-order chi connectivity index (χ1) is 15.9. The second-order valence-corrected chi connectivity index (χ2v) is 7.52. The Morgan fingerprint density at radius 1 is 1.24 bits per heavy atom. The summed E-state index contributed by atoms with van der Waals surface area (Å²) in [6.07, 6.45) is 2.19. The van der Waals surface area contributed by atoms with Crippen molar-refractivity contribution in [2.45, 2.75) is 58.0 Å². The standard InChI is InChI=1S/C13H17NO3.C9H15NO4.C2H6/c1-11(7-8-13(16)14-9-10-15)17-12-5-3-2-4-6-12;1-10-6-9(13-3-4-14-9)5-7(10)8(11)12-2;1-2/h2-6,10-11H,7-9H2,1H3,(H,14,16);7H,3-6H2,1-2H3;1-2H3. The van der Waals surface area contributed by atoms with E-state index >= 15 is 0 Å². The van der Waals surface area contributed by atoms with Crippen LogP contribution in [0, 0.1) is 0 Å². The molecule has 2 aliphatic rings. The van der Waals surface area contributed by atoms with Crippen LogP contribution in [0.2, 0.25) is 0 Å². The molecule has 0 saturated carbocycles. The number of methoxy groups -OCH3 is 1. The van der Waals surface area contributed by atoms with E-state index in [2.05, 4.69) is 5.32 Å². The highest BCUT2D eigenvalue weighted by molar-refractivity contribution is 5.78. The summed E-state index contributed by atoms with van der Waals surface area (Å²) in [6.45, 7) is 7.85. The minimum absolute atomic E-state index is 0.0284. The molecular weight excluding hydrogens is 428 g/mol. The number of amides is 1. The number of carbonyl (C=O) groups excluding carboxylic acids is 3. The highest BCUT2D eigenvalue weighted by atomic mass is 16.7. The Bertz CT molecular complexity index is 708. The Balaban J connectivity index is 0.000000311. The van der Waals surface area contributed by atoms with Gasteiger partial charge in [-0.05, 0) is 32.5 Å². The van der Waals surface area contributed by atoms with Crippen molar-refractivity contribution in [1.29, 1.82) is 0 Å². The number of esters is 1. The number of nitrogens with one attached hydrogen (secondary N) is 1. The lowest BCUT2D eigenvalue weighted by Gasteiger charge is -2.20. The van der Waals surface area contributed by atoms with Crippen LogP contribution in [0.1, 0.15) is 40.0 Å². The van der Waals surface area contributed by atoms with Gasteiger partial charge in [0.2, 0.25) is 5.91 Å². The fourth-order valence-electron chi connectivity index (χ4n) is 3.48. The highest BCUT2D eigenvalue weighted by Crippen LogP contribution is 2.33. The summed E-state index contributed by atoms with van der Waals surface area (Å²) in [5.41, 5.74) is 0. The molecular formula is C24H38N2O7. The number of hydrogen-bond donors (Lipinski definition) is 1. The first kappa shape index (κ1) is 28.5. The van der Waals surface area contributed by atoms with Gasteiger partial charge in [-0.2, -0.15) is 0 Å². The van der Waals surface area contributed by atoms with Crippen LogP contribution in [0.4, 0.5) is 0 Å². The Labute approximate surface area is 196 Å². The molecule has 0 aromatic heterocycles. The number of ether oxygens (including phenoxy) is 4. The third-order valence-corrected chi connectivity index (χ3v) is 5.05. The Kier molecular flexibility index (Phi) is 13.3. The molecule has 2 heterocycles. The number of carbonyl (C=O) groups is 3. The molecule has 1 amide bonds. The Morgan fingerprint density at radius 3 is 2.45 bits per heavy atom. The van der Waals surface area contributed by atoms with Crippen molar-refractivity contribution in [3.8, 4) is 5.75 Å². The first-order valence-electron chi connectivity index (χ1n) is 11.4. The summed E-state index contributed by atoms with van der Waals surface area (Å²) in [7, 11) is 3.28. The Morgan fingerprint density at radius 2 is 1.88 bits per heavy atom. The predicted molar refractivity (Wildman–Crippen MR) is 124 cm³/mol. The van der Waals surface area contributed by atoms with Crippen LogP contribution in [-0.4, -0.2) is 81.5 Å². The lowest BCUT2D eigenvalue weighted by atomic mass is 10.1. The highest BCUT2D eigenvalue weighted by Gasteiger charge is 2.49. The first-order valence-corrected chi connectivity index (χ1v) is 11.4. The maximum atomic E-state index is 11.4. The Hall–Kier alpha value is -2.49. The van der Waals surface area contributed by atoms with Crippen molar-refractivity contribution >= 4 is 18.2 Å². The molecule has 1 aromatic rings. The molecule has 0 aliphatic carbocycles. The molecule has 0 bridgehead atoms. The number of likely N-dealkylation sites (N-methyl/N-ethyl adjacent to an activating group) is 1. The maximum absolute atomic E-state index is 11.4. The summed E-state index contributed by atoms with van der Waals surface area (Å²) < 4.78 is 21.4. The molecule has 1 N–H and O–H groups in total. The fraction of sp³-hybridized carbons (Fsp3) is 0.625. The minimum atomic E-state index is -0.562. The van der Waals surface area contributed by atoms with Crippen LogP contribution >= 0.6 is 0 Å². The van der Waals surface area contributed by atoms with Gasteiger partial charge in [0.05, 0.1) is 39.5 Å². The fourth-order valence-corrected chi connectivity index (χ4v) is 3.48. The summed E-state index contributed by atoms with van der Waals surface area (Å²) in [5.74, 6) is -0.106. The molecule has 2 fully saturated rings. The molecule has 2 aliphatic heterocycles. The quantitative estimate of drug-likeness (QED) is 0.459. The molecule has 9 nitrogen and oxygen atoms in total. The SMILES string of the molecule is CC.CC(CCC(=O)NCC=O)Oc1ccccc1.COC(=O)C1CC2(CN1C)OCCO2. The van der Waals surface area contributed by atoms with Gasteiger partial charge in [-0.25, -0.2) is 0 Å². The monoisotopic (exact) mass is 466 g/mol. The van der Waals surface area contributed by atoms with Gasteiger partial charge in [0, 0.05) is 12.8 Å². The van der Waals surface area contributed by atoms with E-state index in [1.807, 2.05) is 63.1 Å². The number of benzene rings is 1. The average Bonchev–Trinajstić information content (AvgIpc) is 3.43. The zero-order valence-electron chi connectivity index (χ0n) is 20.4. The summed E-state index contributed by atoms with van der Waals surface area (Å²) >= 11 is 0. The van der Waals surface area contributed by atoms with Crippen LogP contribution < -0.4 is 10.1 Å². The van der Waals surface area contributed by atoms with E-state index in [-0.39, 0.29) is 30.6 Å². The number of aldehydes is 1. The van der Waals surface area contributed by atoms with Gasteiger partial charge >= 0.3 is 5.97 Å².